The highest BCUT2D eigenvalue weighted by atomic mass is 19.1. The molecule has 1 aliphatic heterocycles. The quantitative estimate of drug-likeness (QED) is 0.645. The van der Waals surface area contributed by atoms with Crippen LogP contribution < -0.4 is 10.6 Å². The molecular weight excluding hydrogens is 347 g/mol. The van der Waals surface area contributed by atoms with Gasteiger partial charge in [-0.3, -0.25) is 9.89 Å². The van der Waals surface area contributed by atoms with E-state index in [4.69, 9.17) is 0 Å². The molecule has 0 radical (unpaired) electrons. The summed E-state index contributed by atoms with van der Waals surface area (Å²) in [4.78, 5) is 12.3. The zero-order valence-corrected chi connectivity index (χ0v) is 14.8. The predicted molar refractivity (Wildman–Crippen MR) is 99.3 cm³/mol. The second-order valence-corrected chi connectivity index (χ2v) is 6.69. The van der Waals surface area contributed by atoms with Crippen molar-refractivity contribution in [1.82, 2.24) is 25.3 Å². The van der Waals surface area contributed by atoms with Crippen molar-refractivity contribution in [2.75, 3.05) is 18.4 Å². The fraction of sp³-hybridized carbons (Fsp3) is 0.316. The van der Waals surface area contributed by atoms with Gasteiger partial charge in [0.2, 0.25) is 5.91 Å². The van der Waals surface area contributed by atoms with Crippen LogP contribution in [0.3, 0.4) is 0 Å². The van der Waals surface area contributed by atoms with Crippen molar-refractivity contribution >= 4 is 11.7 Å². The first-order valence-corrected chi connectivity index (χ1v) is 9.04. The van der Waals surface area contributed by atoms with E-state index in [1.54, 1.807) is 29.1 Å². The Kier molecular flexibility index (Phi) is 4.97. The van der Waals surface area contributed by atoms with Gasteiger partial charge in [-0.15, -0.1) is 0 Å². The predicted octanol–water partition coefficient (Wildman–Crippen LogP) is 2.38. The third kappa shape index (κ3) is 4.22. The largest absolute Gasteiger partial charge is 0.317 e. The molecule has 0 unspecified atom stereocenters. The molecule has 1 aliphatic rings. The van der Waals surface area contributed by atoms with E-state index in [2.05, 4.69) is 25.9 Å². The minimum absolute atomic E-state index is 0.143. The van der Waals surface area contributed by atoms with E-state index >= 15 is 0 Å². The number of piperidine rings is 1. The van der Waals surface area contributed by atoms with Gasteiger partial charge in [-0.2, -0.15) is 10.2 Å². The van der Waals surface area contributed by atoms with Crippen LogP contribution in [0.2, 0.25) is 0 Å². The van der Waals surface area contributed by atoms with Crippen molar-refractivity contribution in [2.45, 2.75) is 25.2 Å². The first-order valence-electron chi connectivity index (χ1n) is 9.04. The van der Waals surface area contributed by atoms with Gasteiger partial charge in [0.15, 0.2) is 5.82 Å². The lowest BCUT2D eigenvalue weighted by atomic mass is 9.95. The Bertz CT molecular complexity index is 910. The normalized spacial score (nSPS) is 15.0. The summed E-state index contributed by atoms with van der Waals surface area (Å²) in [5, 5.41) is 17.7. The van der Waals surface area contributed by atoms with Gasteiger partial charge in [-0.05, 0) is 56.3 Å². The fourth-order valence-electron chi connectivity index (χ4n) is 3.29. The van der Waals surface area contributed by atoms with Gasteiger partial charge in [0.25, 0.3) is 0 Å². The summed E-state index contributed by atoms with van der Waals surface area (Å²) in [5.41, 5.74) is 2.43. The Hall–Kier alpha value is -3.00. The fourth-order valence-corrected chi connectivity index (χ4v) is 3.29. The SMILES string of the molecule is O=C(Cc1ccn(-c2ccc(F)cc2)n1)Nc1cc(C2CCNCC2)[nH]n1. The molecule has 140 valence electrons. The highest BCUT2D eigenvalue weighted by Gasteiger charge is 2.18. The maximum atomic E-state index is 13.0. The number of anilines is 1. The molecule has 27 heavy (non-hydrogen) atoms. The summed E-state index contributed by atoms with van der Waals surface area (Å²) in [6.45, 7) is 2.00. The van der Waals surface area contributed by atoms with Crippen molar-refractivity contribution in [1.29, 1.82) is 0 Å². The lowest BCUT2D eigenvalue weighted by Crippen LogP contribution is -2.26. The number of carbonyl (C=O) groups excluding carboxylic acids is 1. The maximum Gasteiger partial charge on any atom is 0.231 e. The number of benzene rings is 1. The second kappa shape index (κ2) is 7.71. The molecule has 4 rings (SSSR count). The highest BCUT2D eigenvalue weighted by molar-refractivity contribution is 5.91. The summed E-state index contributed by atoms with van der Waals surface area (Å²) in [5.74, 6) is 0.512. The summed E-state index contributed by atoms with van der Waals surface area (Å²) in [6, 6.07) is 9.71. The molecule has 7 nitrogen and oxygen atoms in total. The minimum atomic E-state index is -0.298. The van der Waals surface area contributed by atoms with E-state index in [0.29, 0.717) is 17.4 Å². The lowest BCUT2D eigenvalue weighted by molar-refractivity contribution is -0.115. The van der Waals surface area contributed by atoms with Crippen LogP contribution in [0, 0.1) is 5.82 Å². The van der Waals surface area contributed by atoms with Crippen LogP contribution in [0.25, 0.3) is 5.69 Å². The average molecular weight is 368 g/mol. The van der Waals surface area contributed by atoms with Crippen molar-refractivity contribution < 1.29 is 9.18 Å². The van der Waals surface area contributed by atoms with Gasteiger partial charge in [0.1, 0.15) is 5.82 Å². The van der Waals surface area contributed by atoms with E-state index in [1.165, 1.54) is 12.1 Å². The third-order valence-electron chi connectivity index (χ3n) is 4.72. The van der Waals surface area contributed by atoms with Gasteiger partial charge in [-0.25, -0.2) is 9.07 Å². The van der Waals surface area contributed by atoms with Gasteiger partial charge >= 0.3 is 0 Å². The van der Waals surface area contributed by atoms with E-state index in [0.717, 1.165) is 37.3 Å². The number of nitrogens with one attached hydrogen (secondary N) is 3. The Labute approximate surface area is 156 Å². The maximum absolute atomic E-state index is 13.0. The summed E-state index contributed by atoms with van der Waals surface area (Å²) in [6.07, 6.45) is 4.02. The third-order valence-corrected chi connectivity index (χ3v) is 4.72. The molecule has 0 atom stereocenters. The van der Waals surface area contributed by atoms with Gasteiger partial charge in [0.05, 0.1) is 17.8 Å². The monoisotopic (exact) mass is 368 g/mol. The molecule has 3 aromatic rings. The number of aromatic nitrogens is 4. The topological polar surface area (TPSA) is 87.6 Å². The van der Waals surface area contributed by atoms with E-state index in [1.807, 2.05) is 6.07 Å². The van der Waals surface area contributed by atoms with E-state index < -0.39 is 0 Å². The molecule has 3 N–H and O–H groups in total. The highest BCUT2D eigenvalue weighted by Crippen LogP contribution is 2.25. The molecule has 8 heteroatoms. The van der Waals surface area contributed by atoms with Crippen LogP contribution in [-0.2, 0) is 11.2 Å². The Morgan fingerprint density at radius 3 is 2.78 bits per heavy atom. The number of amides is 1. The average Bonchev–Trinajstić information content (AvgIpc) is 3.33. The molecule has 1 aromatic carbocycles. The smallest absolute Gasteiger partial charge is 0.231 e. The molecule has 0 spiro atoms. The molecule has 1 saturated heterocycles. The van der Waals surface area contributed by atoms with Crippen LogP contribution in [0.4, 0.5) is 10.2 Å². The zero-order valence-electron chi connectivity index (χ0n) is 14.8. The molecule has 0 bridgehead atoms. The van der Waals surface area contributed by atoms with Crippen LogP contribution in [0.1, 0.15) is 30.1 Å². The Morgan fingerprint density at radius 2 is 2.00 bits per heavy atom. The number of H-pyrrole nitrogens is 1. The molecule has 3 heterocycles. The summed E-state index contributed by atoms with van der Waals surface area (Å²) < 4.78 is 14.6. The molecule has 0 aliphatic carbocycles. The minimum Gasteiger partial charge on any atom is -0.317 e. The molecular formula is C19H21FN6O. The standard InChI is InChI=1S/C19H21FN6O/c20-14-1-3-16(4-2-14)26-10-7-15(25-26)11-19(27)22-18-12-17(23-24-18)13-5-8-21-9-6-13/h1-4,7,10,12-13,21H,5-6,8-9,11H2,(H2,22,23,24,27). The van der Waals surface area contributed by atoms with Gasteiger partial charge < -0.3 is 10.6 Å². The number of hydrogen-bond donors (Lipinski definition) is 3. The molecule has 1 fully saturated rings. The van der Waals surface area contributed by atoms with Gasteiger partial charge in [-0.1, -0.05) is 0 Å². The number of rotatable bonds is 5. The Balaban J connectivity index is 1.36. The molecule has 2 aromatic heterocycles. The first-order chi connectivity index (χ1) is 13.2. The first kappa shape index (κ1) is 17.4. The van der Waals surface area contributed by atoms with Crippen molar-refractivity contribution in [2.24, 2.45) is 0 Å². The van der Waals surface area contributed by atoms with E-state index in [-0.39, 0.29) is 18.1 Å². The lowest BCUT2D eigenvalue weighted by Gasteiger charge is -2.20. The molecule has 1 amide bonds. The number of aromatic amines is 1. The zero-order chi connectivity index (χ0) is 18.6. The van der Waals surface area contributed by atoms with Crippen LogP contribution in [0.5, 0.6) is 0 Å². The van der Waals surface area contributed by atoms with Crippen LogP contribution in [0.15, 0.2) is 42.6 Å². The van der Waals surface area contributed by atoms with Crippen LogP contribution in [-0.4, -0.2) is 39.0 Å². The number of nitrogens with zero attached hydrogens (tertiary/aromatic N) is 3. The van der Waals surface area contributed by atoms with Gasteiger partial charge in [0, 0.05) is 23.9 Å². The van der Waals surface area contributed by atoms with Crippen molar-refractivity contribution in [3.05, 3.63) is 59.8 Å². The van der Waals surface area contributed by atoms with E-state index in [9.17, 15) is 9.18 Å². The van der Waals surface area contributed by atoms with Crippen LogP contribution >= 0.6 is 0 Å². The Morgan fingerprint density at radius 1 is 1.22 bits per heavy atom. The summed E-state index contributed by atoms with van der Waals surface area (Å²) >= 11 is 0. The second-order valence-electron chi connectivity index (χ2n) is 6.69. The molecule has 0 saturated carbocycles. The number of halogens is 1. The number of hydrogen-bond acceptors (Lipinski definition) is 4. The number of carbonyl (C=O) groups is 1. The van der Waals surface area contributed by atoms with Crippen molar-refractivity contribution in [3.63, 3.8) is 0 Å². The summed E-state index contributed by atoms with van der Waals surface area (Å²) in [7, 11) is 0. The van der Waals surface area contributed by atoms with Crippen molar-refractivity contribution in [3.8, 4) is 5.69 Å².